The molecule has 0 radical (unpaired) electrons. The topological polar surface area (TPSA) is 16.1 Å². The third-order valence-electron chi connectivity index (χ3n) is 3.96. The average molecular weight is 294 g/mol. The molecule has 17 heavy (non-hydrogen) atoms. The molecule has 5 heteroatoms. The summed E-state index contributed by atoms with van der Waals surface area (Å²) in [5.74, 6) is 0. The molecule has 94 valence electrons. The number of rotatable bonds is 1. The first-order valence-corrected chi connectivity index (χ1v) is 6.55. The average Bonchev–Trinajstić information content (AvgIpc) is 2.75. The highest BCUT2D eigenvalue weighted by atomic mass is 35.5. The van der Waals surface area contributed by atoms with Crippen LogP contribution in [0.2, 0.25) is 10.3 Å². The highest BCUT2D eigenvalue weighted by Crippen LogP contribution is 2.48. The van der Waals surface area contributed by atoms with Crippen LogP contribution in [-0.2, 0) is 5.54 Å². The van der Waals surface area contributed by atoms with Crippen molar-refractivity contribution in [1.82, 2.24) is 9.88 Å². The van der Waals surface area contributed by atoms with E-state index in [-0.39, 0.29) is 17.9 Å². The lowest BCUT2D eigenvalue weighted by Crippen LogP contribution is -2.35. The molecule has 2 nitrogen and oxygen atoms in total. The van der Waals surface area contributed by atoms with Gasteiger partial charge in [0, 0.05) is 11.1 Å². The van der Waals surface area contributed by atoms with Gasteiger partial charge in [-0.3, -0.25) is 4.90 Å². The van der Waals surface area contributed by atoms with E-state index in [4.69, 9.17) is 23.2 Å². The lowest BCUT2D eigenvalue weighted by molar-refractivity contribution is 0.197. The van der Waals surface area contributed by atoms with Crippen LogP contribution in [0.4, 0.5) is 0 Å². The third kappa shape index (κ3) is 2.06. The van der Waals surface area contributed by atoms with E-state index >= 15 is 0 Å². The highest BCUT2D eigenvalue weighted by molar-refractivity contribution is 6.32. The Morgan fingerprint density at radius 3 is 2.35 bits per heavy atom. The SMILES string of the molecule is Cl.Clc1ccc(C23CCCN2CCC3)c(Cl)n1. The van der Waals surface area contributed by atoms with Crippen molar-refractivity contribution in [2.24, 2.45) is 0 Å². The summed E-state index contributed by atoms with van der Waals surface area (Å²) < 4.78 is 0. The van der Waals surface area contributed by atoms with Gasteiger partial charge in [-0.25, -0.2) is 4.98 Å². The Labute approximate surface area is 118 Å². The normalized spacial score (nSPS) is 22.2. The van der Waals surface area contributed by atoms with Gasteiger partial charge in [-0.2, -0.15) is 0 Å². The van der Waals surface area contributed by atoms with Gasteiger partial charge in [0.25, 0.3) is 0 Å². The first-order chi connectivity index (χ1) is 7.72. The van der Waals surface area contributed by atoms with Crippen molar-refractivity contribution < 1.29 is 0 Å². The Kier molecular flexibility index (Phi) is 3.89. The summed E-state index contributed by atoms with van der Waals surface area (Å²) in [5, 5.41) is 1.06. The molecule has 2 aliphatic heterocycles. The summed E-state index contributed by atoms with van der Waals surface area (Å²) in [6, 6.07) is 3.91. The van der Waals surface area contributed by atoms with Crippen LogP contribution in [0.25, 0.3) is 0 Å². The quantitative estimate of drug-likeness (QED) is 0.730. The van der Waals surface area contributed by atoms with Gasteiger partial charge in [0.05, 0.1) is 0 Å². The second-order valence-corrected chi connectivity index (χ2v) is 5.44. The Hall–Kier alpha value is -0.0200. The minimum atomic E-state index is 0. The first-order valence-electron chi connectivity index (χ1n) is 5.80. The molecule has 0 bridgehead atoms. The fourth-order valence-electron chi connectivity index (χ4n) is 3.30. The fourth-order valence-corrected chi connectivity index (χ4v) is 3.83. The molecule has 0 spiro atoms. The number of aromatic nitrogens is 1. The molecule has 2 saturated heterocycles. The molecule has 0 amide bonds. The molecule has 0 N–H and O–H groups in total. The molecule has 0 aromatic carbocycles. The van der Waals surface area contributed by atoms with Crippen molar-refractivity contribution in [2.45, 2.75) is 31.2 Å². The minimum Gasteiger partial charge on any atom is -0.293 e. The predicted molar refractivity (Wildman–Crippen MR) is 73.2 cm³/mol. The van der Waals surface area contributed by atoms with Crippen LogP contribution < -0.4 is 0 Å². The smallest absolute Gasteiger partial charge is 0.135 e. The molecule has 3 heterocycles. The van der Waals surface area contributed by atoms with Crippen molar-refractivity contribution in [2.75, 3.05) is 13.1 Å². The second kappa shape index (κ2) is 4.93. The second-order valence-electron chi connectivity index (χ2n) is 4.70. The molecule has 0 atom stereocenters. The highest BCUT2D eigenvalue weighted by Gasteiger charge is 2.46. The molecular weight excluding hydrogens is 279 g/mol. The van der Waals surface area contributed by atoms with Crippen molar-refractivity contribution in [3.05, 3.63) is 28.0 Å². The monoisotopic (exact) mass is 292 g/mol. The van der Waals surface area contributed by atoms with Crippen LogP contribution in [0.5, 0.6) is 0 Å². The van der Waals surface area contributed by atoms with E-state index in [1.807, 2.05) is 6.07 Å². The molecule has 1 aromatic rings. The molecule has 0 aliphatic carbocycles. The lowest BCUT2D eigenvalue weighted by atomic mass is 9.87. The van der Waals surface area contributed by atoms with Crippen molar-refractivity contribution in [3.8, 4) is 0 Å². The van der Waals surface area contributed by atoms with E-state index < -0.39 is 0 Å². The van der Waals surface area contributed by atoms with Crippen molar-refractivity contribution in [1.29, 1.82) is 0 Å². The van der Waals surface area contributed by atoms with Crippen LogP contribution >= 0.6 is 35.6 Å². The maximum Gasteiger partial charge on any atom is 0.135 e. The van der Waals surface area contributed by atoms with Gasteiger partial charge < -0.3 is 0 Å². The van der Waals surface area contributed by atoms with Gasteiger partial charge in [0.2, 0.25) is 0 Å². The van der Waals surface area contributed by atoms with Crippen molar-refractivity contribution >= 4 is 35.6 Å². The molecule has 2 aliphatic rings. The third-order valence-corrected chi connectivity index (χ3v) is 4.46. The summed E-state index contributed by atoms with van der Waals surface area (Å²) in [4.78, 5) is 6.74. The van der Waals surface area contributed by atoms with Crippen LogP contribution in [-0.4, -0.2) is 23.0 Å². The maximum atomic E-state index is 6.25. The molecule has 2 fully saturated rings. The van der Waals surface area contributed by atoms with Gasteiger partial charge in [-0.1, -0.05) is 29.3 Å². The summed E-state index contributed by atoms with van der Waals surface area (Å²) in [5.41, 5.74) is 1.34. The van der Waals surface area contributed by atoms with Crippen LogP contribution in [0, 0.1) is 0 Å². The van der Waals surface area contributed by atoms with Gasteiger partial charge >= 0.3 is 0 Å². The summed E-state index contributed by atoms with van der Waals surface area (Å²) >= 11 is 12.1. The molecule has 0 unspecified atom stereocenters. The number of hydrogen-bond donors (Lipinski definition) is 0. The van der Waals surface area contributed by atoms with Gasteiger partial charge in [-0.15, -0.1) is 12.4 Å². The number of fused-ring (bicyclic) bond motifs is 1. The zero-order chi connectivity index (χ0) is 11.2. The van der Waals surface area contributed by atoms with E-state index in [0.717, 1.165) is 0 Å². The molecule has 1 aromatic heterocycles. The summed E-state index contributed by atoms with van der Waals surface area (Å²) in [6.07, 6.45) is 4.93. The first kappa shape index (κ1) is 13.4. The summed E-state index contributed by atoms with van der Waals surface area (Å²) in [7, 11) is 0. The Morgan fingerprint density at radius 2 is 1.76 bits per heavy atom. The fraction of sp³-hybridized carbons (Fsp3) is 0.583. The van der Waals surface area contributed by atoms with E-state index in [2.05, 4.69) is 16.0 Å². The zero-order valence-corrected chi connectivity index (χ0v) is 11.8. The van der Waals surface area contributed by atoms with Gasteiger partial charge in [-0.05, 0) is 44.8 Å². The van der Waals surface area contributed by atoms with Crippen LogP contribution in [0.15, 0.2) is 12.1 Å². The van der Waals surface area contributed by atoms with E-state index in [9.17, 15) is 0 Å². The number of hydrogen-bond acceptors (Lipinski definition) is 2. The zero-order valence-electron chi connectivity index (χ0n) is 9.46. The Morgan fingerprint density at radius 1 is 1.12 bits per heavy atom. The predicted octanol–water partition coefficient (Wildman–Crippen LogP) is 3.90. The number of nitrogens with zero attached hydrogens (tertiary/aromatic N) is 2. The lowest BCUT2D eigenvalue weighted by Gasteiger charge is -2.33. The Bertz CT molecular complexity index is 412. The van der Waals surface area contributed by atoms with Crippen molar-refractivity contribution in [3.63, 3.8) is 0 Å². The Balaban J connectivity index is 0.00000108. The van der Waals surface area contributed by atoms with Crippen LogP contribution in [0.3, 0.4) is 0 Å². The van der Waals surface area contributed by atoms with Gasteiger partial charge in [0.15, 0.2) is 0 Å². The number of halogens is 3. The number of pyridine rings is 1. The van der Waals surface area contributed by atoms with E-state index in [1.54, 1.807) is 0 Å². The standard InChI is InChI=1S/C12H14Cl2N2.ClH/c13-10-4-3-9(11(14)15-10)12-5-1-7-16(12)8-2-6-12;/h3-4H,1-2,5-8H2;1H. The van der Waals surface area contributed by atoms with Gasteiger partial charge in [0.1, 0.15) is 10.3 Å². The molecule has 0 saturated carbocycles. The summed E-state index contributed by atoms with van der Waals surface area (Å²) in [6.45, 7) is 2.39. The molecular formula is C12H15Cl3N2. The largest absolute Gasteiger partial charge is 0.293 e. The van der Waals surface area contributed by atoms with E-state index in [1.165, 1.54) is 44.3 Å². The van der Waals surface area contributed by atoms with E-state index in [0.29, 0.717) is 10.3 Å². The maximum absolute atomic E-state index is 6.25. The van der Waals surface area contributed by atoms with Crippen LogP contribution in [0.1, 0.15) is 31.2 Å². The minimum absolute atomic E-state index is 0. The molecule has 3 rings (SSSR count).